The third kappa shape index (κ3) is 5.02. The Balaban J connectivity index is 0.000000185. The van der Waals surface area contributed by atoms with Gasteiger partial charge in [0.2, 0.25) is 0 Å². The number of hydrogen-bond donors (Lipinski definition) is 0. The normalized spacial score (nSPS) is 10.3. The minimum absolute atomic E-state index is 0.619. The summed E-state index contributed by atoms with van der Waals surface area (Å²) in [5.74, 6) is 0.619. The van der Waals surface area contributed by atoms with E-state index in [1.165, 1.54) is 11.1 Å². The van der Waals surface area contributed by atoms with E-state index >= 15 is 0 Å². The highest BCUT2D eigenvalue weighted by atomic mass is 15.2. The minimum atomic E-state index is 0.619. The van der Waals surface area contributed by atoms with E-state index in [1.807, 2.05) is 56.1 Å². The van der Waals surface area contributed by atoms with Crippen molar-refractivity contribution in [2.45, 2.75) is 33.1 Å². The van der Waals surface area contributed by atoms with Crippen LogP contribution in [0.1, 0.15) is 37.8 Å². The second-order valence-electron chi connectivity index (χ2n) is 5.71. The van der Waals surface area contributed by atoms with Crippen LogP contribution in [0.2, 0.25) is 0 Å². The third-order valence-corrected chi connectivity index (χ3v) is 3.58. The maximum atomic E-state index is 4.31. The van der Waals surface area contributed by atoms with Crippen LogP contribution in [0.4, 0.5) is 0 Å². The Hall–Kier alpha value is -2.49. The third-order valence-electron chi connectivity index (χ3n) is 3.58. The van der Waals surface area contributed by atoms with Crippen LogP contribution < -0.4 is 0 Å². The molecule has 0 fully saturated rings. The first-order valence-corrected chi connectivity index (χ1v) is 7.95. The van der Waals surface area contributed by atoms with Gasteiger partial charge in [-0.3, -0.25) is 14.6 Å². The molecule has 23 heavy (non-hydrogen) atoms. The van der Waals surface area contributed by atoms with Crippen LogP contribution >= 0.6 is 0 Å². The monoisotopic (exact) mass is 308 g/mol. The second-order valence-corrected chi connectivity index (χ2v) is 5.71. The molecule has 0 amide bonds. The molecule has 0 aliphatic heterocycles. The van der Waals surface area contributed by atoms with Crippen LogP contribution in [0.15, 0.2) is 55.1 Å². The summed E-state index contributed by atoms with van der Waals surface area (Å²) in [5.41, 5.74) is 4.53. The number of aryl methyl sites for hydroxylation is 2. The zero-order valence-corrected chi connectivity index (χ0v) is 14.3. The van der Waals surface area contributed by atoms with Crippen LogP contribution in [-0.4, -0.2) is 19.7 Å². The van der Waals surface area contributed by atoms with Crippen LogP contribution in [0.3, 0.4) is 0 Å². The quantitative estimate of drug-likeness (QED) is 0.726. The lowest BCUT2D eigenvalue weighted by Crippen LogP contribution is -1.90. The molecule has 4 nitrogen and oxygen atoms in total. The van der Waals surface area contributed by atoms with Gasteiger partial charge in [-0.1, -0.05) is 20.8 Å². The maximum absolute atomic E-state index is 4.31. The largest absolute Gasteiger partial charge is 0.275 e. The molecular weight excluding hydrogens is 284 g/mol. The molecule has 0 unspecified atom stereocenters. The summed E-state index contributed by atoms with van der Waals surface area (Å²) in [5, 5.41) is 4.31. The number of rotatable bonds is 3. The van der Waals surface area contributed by atoms with Crippen LogP contribution in [0.25, 0.3) is 11.4 Å². The van der Waals surface area contributed by atoms with Gasteiger partial charge in [0, 0.05) is 31.8 Å². The Morgan fingerprint density at radius 3 is 2.26 bits per heavy atom. The first kappa shape index (κ1) is 16.9. The fraction of sp³-hybridized carbons (Fsp3) is 0.316. The molecule has 120 valence electrons. The molecule has 4 heteroatoms. The van der Waals surface area contributed by atoms with Crippen molar-refractivity contribution in [3.8, 4) is 11.4 Å². The minimum Gasteiger partial charge on any atom is -0.275 e. The van der Waals surface area contributed by atoms with Gasteiger partial charge in [-0.25, -0.2) is 0 Å². The summed E-state index contributed by atoms with van der Waals surface area (Å²) in [7, 11) is 1.91. The van der Waals surface area contributed by atoms with Crippen molar-refractivity contribution in [2.75, 3.05) is 0 Å². The molecule has 3 aromatic heterocycles. The number of pyridine rings is 2. The lowest BCUT2D eigenvalue weighted by molar-refractivity contribution is 0.770. The molecule has 3 heterocycles. The molecule has 0 aliphatic carbocycles. The summed E-state index contributed by atoms with van der Waals surface area (Å²) in [6.07, 6.45) is 8.45. The van der Waals surface area contributed by atoms with E-state index in [-0.39, 0.29) is 0 Å². The highest BCUT2D eigenvalue weighted by Crippen LogP contribution is 2.15. The van der Waals surface area contributed by atoms with E-state index in [2.05, 4.69) is 41.9 Å². The van der Waals surface area contributed by atoms with Gasteiger partial charge >= 0.3 is 0 Å². The zero-order chi connectivity index (χ0) is 16.7. The van der Waals surface area contributed by atoms with Crippen molar-refractivity contribution in [3.63, 3.8) is 0 Å². The molecular formula is C19H24N4. The predicted molar refractivity (Wildman–Crippen MR) is 94.1 cm³/mol. The topological polar surface area (TPSA) is 43.6 Å². The molecule has 0 spiro atoms. The van der Waals surface area contributed by atoms with Crippen molar-refractivity contribution in [1.82, 2.24) is 19.7 Å². The van der Waals surface area contributed by atoms with E-state index in [9.17, 15) is 0 Å². The van der Waals surface area contributed by atoms with Crippen molar-refractivity contribution >= 4 is 0 Å². The van der Waals surface area contributed by atoms with Gasteiger partial charge in [-0.15, -0.1) is 0 Å². The second kappa shape index (κ2) is 8.22. The first-order valence-electron chi connectivity index (χ1n) is 7.95. The van der Waals surface area contributed by atoms with Gasteiger partial charge in [-0.05, 0) is 53.8 Å². The van der Waals surface area contributed by atoms with E-state index in [0.29, 0.717) is 5.92 Å². The molecule has 0 saturated heterocycles. The average Bonchev–Trinajstić information content (AvgIpc) is 3.03. The van der Waals surface area contributed by atoms with Crippen molar-refractivity contribution in [2.24, 2.45) is 7.05 Å². The fourth-order valence-electron chi connectivity index (χ4n) is 2.13. The molecule has 0 N–H and O–H groups in total. The van der Waals surface area contributed by atoms with Crippen LogP contribution in [0.5, 0.6) is 0 Å². The molecule has 0 radical (unpaired) electrons. The molecule has 3 aromatic rings. The molecule has 0 aliphatic rings. The van der Waals surface area contributed by atoms with Gasteiger partial charge in [0.1, 0.15) is 5.69 Å². The summed E-state index contributed by atoms with van der Waals surface area (Å²) < 4.78 is 1.79. The summed E-state index contributed by atoms with van der Waals surface area (Å²) in [4.78, 5) is 8.22. The Morgan fingerprint density at radius 2 is 1.74 bits per heavy atom. The standard InChI is InChI=1S/C11H13N3.C8H11N/c1-3-9-4-6-12-11(8-9)10-5-7-14(2)13-10;1-7(2)8-3-5-9-6-4-8/h4-8H,3H2,1-2H3;3-7H,1-2H3. The lowest BCUT2D eigenvalue weighted by atomic mass is 10.1. The van der Waals surface area contributed by atoms with Gasteiger partial charge in [-0.2, -0.15) is 5.10 Å². The number of hydrogen-bond acceptors (Lipinski definition) is 3. The summed E-state index contributed by atoms with van der Waals surface area (Å²) in [6.45, 7) is 6.49. The Morgan fingerprint density at radius 1 is 1.00 bits per heavy atom. The zero-order valence-electron chi connectivity index (χ0n) is 14.3. The van der Waals surface area contributed by atoms with Gasteiger partial charge in [0.15, 0.2) is 0 Å². The summed E-state index contributed by atoms with van der Waals surface area (Å²) >= 11 is 0. The summed E-state index contributed by atoms with van der Waals surface area (Å²) in [6, 6.07) is 10.2. The molecule has 0 aromatic carbocycles. The van der Waals surface area contributed by atoms with Gasteiger partial charge < -0.3 is 0 Å². The molecule has 0 saturated carbocycles. The highest BCUT2D eigenvalue weighted by Gasteiger charge is 2.02. The molecule has 3 rings (SSSR count). The van der Waals surface area contributed by atoms with E-state index < -0.39 is 0 Å². The first-order chi connectivity index (χ1) is 11.1. The predicted octanol–water partition coefficient (Wildman–Crippen LogP) is 4.25. The number of nitrogens with zero attached hydrogens (tertiary/aromatic N) is 4. The van der Waals surface area contributed by atoms with Gasteiger partial charge in [0.05, 0.1) is 5.69 Å². The molecule has 0 bridgehead atoms. The Bertz CT molecular complexity index is 717. The van der Waals surface area contributed by atoms with Crippen molar-refractivity contribution in [3.05, 3.63) is 66.2 Å². The van der Waals surface area contributed by atoms with E-state index in [1.54, 1.807) is 4.68 Å². The highest BCUT2D eigenvalue weighted by molar-refractivity contribution is 5.53. The smallest absolute Gasteiger partial charge is 0.111 e. The molecule has 0 atom stereocenters. The van der Waals surface area contributed by atoms with Crippen LogP contribution in [0, 0.1) is 0 Å². The Labute approximate surface area is 138 Å². The SMILES string of the molecule is CC(C)c1ccncc1.CCc1ccnc(-c2ccn(C)n2)c1. The Kier molecular flexibility index (Phi) is 6.03. The van der Waals surface area contributed by atoms with Crippen LogP contribution in [-0.2, 0) is 13.5 Å². The maximum Gasteiger partial charge on any atom is 0.111 e. The van der Waals surface area contributed by atoms with E-state index in [0.717, 1.165) is 17.8 Å². The average molecular weight is 308 g/mol. The van der Waals surface area contributed by atoms with Gasteiger partial charge in [0.25, 0.3) is 0 Å². The van der Waals surface area contributed by atoms with E-state index in [4.69, 9.17) is 0 Å². The lowest BCUT2D eigenvalue weighted by Gasteiger charge is -2.01. The van der Waals surface area contributed by atoms with Crippen molar-refractivity contribution < 1.29 is 0 Å². The number of aromatic nitrogens is 4. The van der Waals surface area contributed by atoms with Crippen molar-refractivity contribution in [1.29, 1.82) is 0 Å². The fourth-order valence-corrected chi connectivity index (χ4v) is 2.13.